The Morgan fingerprint density at radius 3 is 2.27 bits per heavy atom. The normalized spacial score (nSPS) is 9.55. The van der Waals surface area contributed by atoms with Gasteiger partial charge in [-0.25, -0.2) is 0 Å². The van der Waals surface area contributed by atoms with Crippen LogP contribution in [0.2, 0.25) is 0 Å². The van der Waals surface area contributed by atoms with E-state index in [1.807, 2.05) is 12.1 Å². The van der Waals surface area contributed by atoms with Crippen LogP contribution < -0.4 is 5.73 Å². The van der Waals surface area contributed by atoms with Gasteiger partial charge in [-0.15, -0.1) is 0 Å². The smallest absolute Gasteiger partial charge is 0.248 e. The summed E-state index contributed by atoms with van der Waals surface area (Å²) in [6.07, 6.45) is 0.735. The Labute approximate surface area is 66.0 Å². The molecule has 2 nitrogen and oxygen atoms in total. The minimum atomic E-state index is -0.388. The van der Waals surface area contributed by atoms with E-state index >= 15 is 0 Å². The highest BCUT2D eigenvalue weighted by Crippen LogP contribution is 2.03. The molecule has 0 atom stereocenters. The molecule has 0 saturated heterocycles. The summed E-state index contributed by atoms with van der Waals surface area (Å²) in [7, 11) is 0. The number of primary amides is 1. The van der Waals surface area contributed by atoms with Crippen molar-refractivity contribution in [2.45, 2.75) is 6.42 Å². The van der Waals surface area contributed by atoms with E-state index < -0.39 is 0 Å². The topological polar surface area (TPSA) is 43.1 Å². The van der Waals surface area contributed by atoms with Gasteiger partial charge < -0.3 is 5.73 Å². The third-order valence-corrected chi connectivity index (χ3v) is 1.53. The molecular weight excluding hydrogens is 138 g/mol. The molecule has 2 N–H and O–H groups in total. The maximum atomic E-state index is 10.6. The van der Waals surface area contributed by atoms with Crippen molar-refractivity contribution < 1.29 is 4.79 Å². The average molecular weight is 148 g/mol. The molecule has 57 valence electrons. The van der Waals surface area contributed by atoms with E-state index in [-0.39, 0.29) is 5.91 Å². The molecule has 11 heavy (non-hydrogen) atoms. The molecule has 0 spiro atoms. The van der Waals surface area contributed by atoms with Crippen molar-refractivity contribution in [2.75, 3.05) is 0 Å². The van der Waals surface area contributed by atoms with Crippen LogP contribution in [0.5, 0.6) is 0 Å². The van der Waals surface area contributed by atoms with E-state index in [1.165, 1.54) is 0 Å². The SMILES string of the molecule is [CH2]Cc1ccc(C(N)=O)cc1. The first-order valence-electron chi connectivity index (χ1n) is 3.42. The first-order valence-corrected chi connectivity index (χ1v) is 3.42. The molecule has 1 rings (SSSR count). The lowest BCUT2D eigenvalue weighted by atomic mass is 10.1. The largest absolute Gasteiger partial charge is 0.366 e. The molecule has 0 aliphatic heterocycles. The summed E-state index contributed by atoms with van der Waals surface area (Å²) >= 11 is 0. The van der Waals surface area contributed by atoms with E-state index in [0.29, 0.717) is 5.56 Å². The van der Waals surface area contributed by atoms with Gasteiger partial charge in [0.05, 0.1) is 0 Å². The second-order valence-corrected chi connectivity index (χ2v) is 2.31. The summed E-state index contributed by atoms with van der Waals surface area (Å²) in [6.45, 7) is 3.71. The van der Waals surface area contributed by atoms with Gasteiger partial charge in [0, 0.05) is 5.56 Å². The Morgan fingerprint density at radius 1 is 1.36 bits per heavy atom. The maximum Gasteiger partial charge on any atom is 0.248 e. The molecule has 0 heterocycles. The van der Waals surface area contributed by atoms with Crippen LogP contribution in [-0.2, 0) is 6.42 Å². The van der Waals surface area contributed by atoms with Crippen molar-refractivity contribution in [3.63, 3.8) is 0 Å². The van der Waals surface area contributed by atoms with E-state index in [4.69, 9.17) is 5.73 Å². The Bertz CT molecular complexity index is 251. The van der Waals surface area contributed by atoms with Gasteiger partial charge in [0.15, 0.2) is 0 Å². The molecule has 0 aromatic heterocycles. The quantitative estimate of drug-likeness (QED) is 0.672. The fourth-order valence-corrected chi connectivity index (χ4v) is 0.836. The fourth-order valence-electron chi connectivity index (χ4n) is 0.836. The number of nitrogens with two attached hydrogens (primary N) is 1. The minimum absolute atomic E-state index is 0.388. The maximum absolute atomic E-state index is 10.6. The zero-order valence-electron chi connectivity index (χ0n) is 6.21. The summed E-state index contributed by atoms with van der Waals surface area (Å²) < 4.78 is 0. The van der Waals surface area contributed by atoms with Crippen LogP contribution in [0.1, 0.15) is 15.9 Å². The first kappa shape index (κ1) is 7.79. The molecule has 1 radical (unpaired) electrons. The Balaban J connectivity index is 2.91. The lowest BCUT2D eigenvalue weighted by molar-refractivity contribution is 0.100. The molecule has 1 amide bonds. The first-order chi connectivity index (χ1) is 5.24. The number of hydrogen-bond donors (Lipinski definition) is 1. The predicted molar refractivity (Wildman–Crippen MR) is 44.0 cm³/mol. The lowest BCUT2D eigenvalue weighted by Crippen LogP contribution is -2.10. The Morgan fingerprint density at radius 2 is 1.91 bits per heavy atom. The van der Waals surface area contributed by atoms with Gasteiger partial charge in [-0.05, 0) is 31.0 Å². The molecule has 2 heteroatoms. The van der Waals surface area contributed by atoms with E-state index in [2.05, 4.69) is 6.92 Å². The third-order valence-electron chi connectivity index (χ3n) is 1.53. The van der Waals surface area contributed by atoms with Gasteiger partial charge in [0.25, 0.3) is 0 Å². The van der Waals surface area contributed by atoms with Crippen LogP contribution >= 0.6 is 0 Å². The van der Waals surface area contributed by atoms with Crippen molar-refractivity contribution >= 4 is 5.91 Å². The number of rotatable bonds is 2. The molecule has 0 unspecified atom stereocenters. The standard InChI is InChI=1S/C9H10NO/c1-2-7-3-5-8(6-4-7)9(10)11/h3-6H,1-2H2,(H2,10,11). The van der Waals surface area contributed by atoms with Crippen molar-refractivity contribution in [1.29, 1.82) is 0 Å². The molecule has 0 bridgehead atoms. The number of carbonyl (C=O) groups is 1. The Kier molecular flexibility index (Phi) is 2.26. The van der Waals surface area contributed by atoms with Gasteiger partial charge in [0.2, 0.25) is 5.91 Å². The molecule has 1 aromatic carbocycles. The molecule has 0 fully saturated rings. The van der Waals surface area contributed by atoms with E-state index in [0.717, 1.165) is 12.0 Å². The molecule has 0 saturated carbocycles. The highest BCUT2D eigenvalue weighted by Gasteiger charge is 1.97. The van der Waals surface area contributed by atoms with Gasteiger partial charge in [-0.2, -0.15) is 0 Å². The highest BCUT2D eigenvalue weighted by molar-refractivity contribution is 5.92. The molecular formula is C9H10NO. The van der Waals surface area contributed by atoms with Crippen LogP contribution in [0, 0.1) is 6.92 Å². The number of benzene rings is 1. The lowest BCUT2D eigenvalue weighted by Gasteiger charge is -1.96. The van der Waals surface area contributed by atoms with Gasteiger partial charge in [0.1, 0.15) is 0 Å². The van der Waals surface area contributed by atoms with E-state index in [9.17, 15) is 4.79 Å². The molecule has 1 aromatic rings. The summed E-state index contributed by atoms with van der Waals surface area (Å²) in [5, 5.41) is 0. The van der Waals surface area contributed by atoms with Crippen LogP contribution in [-0.4, -0.2) is 5.91 Å². The predicted octanol–water partition coefficient (Wildman–Crippen LogP) is 1.16. The van der Waals surface area contributed by atoms with Gasteiger partial charge in [-0.1, -0.05) is 12.1 Å². The third kappa shape index (κ3) is 1.80. The van der Waals surface area contributed by atoms with Crippen molar-refractivity contribution in [3.05, 3.63) is 42.3 Å². The monoisotopic (exact) mass is 148 g/mol. The summed E-state index contributed by atoms with van der Waals surface area (Å²) in [5.41, 5.74) is 6.70. The second kappa shape index (κ2) is 3.19. The zero-order chi connectivity index (χ0) is 8.27. The molecule has 0 aliphatic rings. The number of carbonyl (C=O) groups excluding carboxylic acids is 1. The second-order valence-electron chi connectivity index (χ2n) is 2.31. The minimum Gasteiger partial charge on any atom is -0.366 e. The van der Waals surface area contributed by atoms with Crippen LogP contribution in [0.3, 0.4) is 0 Å². The van der Waals surface area contributed by atoms with Crippen molar-refractivity contribution in [1.82, 2.24) is 0 Å². The van der Waals surface area contributed by atoms with Crippen LogP contribution in [0.15, 0.2) is 24.3 Å². The summed E-state index contributed by atoms with van der Waals surface area (Å²) in [6, 6.07) is 7.13. The molecule has 0 aliphatic carbocycles. The average Bonchev–Trinajstić information content (AvgIpc) is 2.05. The van der Waals surface area contributed by atoms with Crippen molar-refractivity contribution in [3.8, 4) is 0 Å². The highest BCUT2D eigenvalue weighted by atomic mass is 16.1. The zero-order valence-corrected chi connectivity index (χ0v) is 6.21. The number of amides is 1. The summed E-state index contributed by atoms with van der Waals surface area (Å²) in [4.78, 5) is 10.6. The van der Waals surface area contributed by atoms with Crippen LogP contribution in [0.25, 0.3) is 0 Å². The van der Waals surface area contributed by atoms with Crippen LogP contribution in [0.4, 0.5) is 0 Å². The Hall–Kier alpha value is -1.31. The number of hydrogen-bond acceptors (Lipinski definition) is 1. The van der Waals surface area contributed by atoms with Gasteiger partial charge >= 0.3 is 0 Å². The summed E-state index contributed by atoms with van der Waals surface area (Å²) in [5.74, 6) is -0.388. The van der Waals surface area contributed by atoms with Crippen molar-refractivity contribution in [2.24, 2.45) is 5.73 Å². The van der Waals surface area contributed by atoms with E-state index in [1.54, 1.807) is 12.1 Å². The fraction of sp³-hybridized carbons (Fsp3) is 0.111. The van der Waals surface area contributed by atoms with Gasteiger partial charge in [-0.3, -0.25) is 4.79 Å².